The van der Waals surface area contributed by atoms with Crippen molar-refractivity contribution >= 4 is 15.4 Å². The molecule has 2 saturated heterocycles. The Balaban J connectivity index is 2.27. The largest absolute Gasteiger partial charge is 0.347 e. The van der Waals surface area contributed by atoms with Crippen molar-refractivity contribution < 1.29 is 9.47 Å². The Morgan fingerprint density at radius 2 is 1.33 bits per heavy atom. The minimum absolute atomic E-state index is 0.177. The highest BCUT2D eigenvalue weighted by Gasteiger charge is 2.54. The van der Waals surface area contributed by atoms with Crippen molar-refractivity contribution in [2.75, 3.05) is 13.2 Å². The van der Waals surface area contributed by atoms with Crippen molar-refractivity contribution in [3.8, 4) is 0 Å². The highest BCUT2D eigenvalue weighted by Crippen LogP contribution is 2.66. The number of hydrogen-bond donors (Lipinski definition) is 0. The van der Waals surface area contributed by atoms with Crippen molar-refractivity contribution in [2.45, 2.75) is 56.6 Å². The molecular formula is C11H21BO2P. The molecular weight excluding hydrogens is 206 g/mol. The third-order valence-electron chi connectivity index (χ3n) is 3.69. The topological polar surface area (TPSA) is 18.5 Å². The summed E-state index contributed by atoms with van der Waals surface area (Å²) in [6, 6.07) is 0. The van der Waals surface area contributed by atoms with Gasteiger partial charge in [0.15, 0.2) is 5.79 Å². The third kappa shape index (κ3) is 1.99. The maximum Gasteiger partial charge on any atom is 0.176 e. The molecule has 2 nitrogen and oxygen atoms in total. The van der Waals surface area contributed by atoms with Crippen LogP contribution in [0.5, 0.6) is 0 Å². The smallest absolute Gasteiger partial charge is 0.176 e. The van der Waals surface area contributed by atoms with Crippen molar-refractivity contribution in [3.05, 3.63) is 0 Å². The van der Waals surface area contributed by atoms with Gasteiger partial charge in [0.05, 0.1) is 13.2 Å². The molecule has 0 aromatic rings. The van der Waals surface area contributed by atoms with Crippen LogP contribution in [0.1, 0.15) is 40.5 Å². The quantitative estimate of drug-likeness (QED) is 0.467. The fourth-order valence-corrected chi connectivity index (χ4v) is 5.97. The average molecular weight is 227 g/mol. The van der Waals surface area contributed by atoms with Gasteiger partial charge in [-0.1, -0.05) is 0 Å². The number of rotatable bonds is 0. The average Bonchev–Trinajstić information content (AvgIpc) is 2.47. The van der Waals surface area contributed by atoms with Gasteiger partial charge in [0.25, 0.3) is 0 Å². The lowest BCUT2D eigenvalue weighted by Gasteiger charge is -2.55. The second-order valence-electron chi connectivity index (χ2n) is 6.14. The molecule has 4 heteroatoms. The molecule has 2 aliphatic heterocycles. The zero-order chi connectivity index (χ0) is 11.3. The van der Waals surface area contributed by atoms with E-state index in [0.29, 0.717) is 0 Å². The molecule has 0 amide bonds. The maximum absolute atomic E-state index is 6.43. The van der Waals surface area contributed by atoms with Gasteiger partial charge in [0.2, 0.25) is 0 Å². The molecule has 0 atom stereocenters. The molecule has 2 heterocycles. The zero-order valence-electron chi connectivity index (χ0n) is 10.2. The maximum atomic E-state index is 6.43. The first kappa shape index (κ1) is 11.9. The lowest BCUT2D eigenvalue weighted by molar-refractivity contribution is -0.178. The van der Waals surface area contributed by atoms with E-state index in [2.05, 4.69) is 27.7 Å². The highest BCUT2D eigenvalue weighted by atomic mass is 31.1. The van der Waals surface area contributed by atoms with Gasteiger partial charge in [0.1, 0.15) is 0 Å². The first-order valence-electron chi connectivity index (χ1n) is 5.69. The summed E-state index contributed by atoms with van der Waals surface area (Å²) in [5.41, 5.74) is 0. The fourth-order valence-electron chi connectivity index (χ4n) is 3.22. The fraction of sp³-hybridized carbons (Fsp3) is 1.00. The van der Waals surface area contributed by atoms with Gasteiger partial charge in [-0.05, 0) is 27.7 Å². The van der Waals surface area contributed by atoms with Crippen molar-refractivity contribution in [3.63, 3.8) is 0 Å². The van der Waals surface area contributed by atoms with E-state index in [9.17, 15) is 0 Å². The van der Waals surface area contributed by atoms with Crippen LogP contribution in [0.15, 0.2) is 0 Å². The van der Waals surface area contributed by atoms with Crippen LogP contribution in [0.4, 0.5) is 0 Å². The van der Waals surface area contributed by atoms with E-state index >= 15 is 0 Å². The Labute approximate surface area is 95.2 Å². The standard InChI is InChI=1S/C11H21BO2P/c1-9(2)7-11(13-5-6-14-11)8-10(3,4)15(9)12/h15H,5-8H2,1-4H3. The van der Waals surface area contributed by atoms with Gasteiger partial charge in [-0.3, -0.25) is 0 Å². The van der Waals surface area contributed by atoms with Crippen LogP contribution in [-0.4, -0.2) is 36.9 Å². The van der Waals surface area contributed by atoms with Crippen molar-refractivity contribution in [2.24, 2.45) is 0 Å². The van der Waals surface area contributed by atoms with Crippen LogP contribution < -0.4 is 0 Å². The molecule has 2 rings (SSSR count). The zero-order valence-corrected chi connectivity index (χ0v) is 11.2. The minimum Gasteiger partial charge on any atom is -0.347 e. The Kier molecular flexibility index (Phi) is 2.74. The molecule has 3 radical (unpaired) electrons. The molecule has 0 aliphatic carbocycles. The van der Waals surface area contributed by atoms with Crippen LogP contribution in [0.25, 0.3) is 0 Å². The van der Waals surface area contributed by atoms with Gasteiger partial charge < -0.3 is 17.0 Å². The molecule has 0 aromatic carbocycles. The van der Waals surface area contributed by atoms with Gasteiger partial charge in [0, 0.05) is 23.2 Å². The summed E-state index contributed by atoms with van der Waals surface area (Å²) < 4.78 is 11.7. The minimum atomic E-state index is -0.868. The molecule has 2 aliphatic rings. The van der Waals surface area contributed by atoms with E-state index < -0.39 is 7.80 Å². The van der Waals surface area contributed by atoms with Crippen molar-refractivity contribution in [1.82, 2.24) is 0 Å². The number of ether oxygens (including phenoxy) is 2. The molecule has 0 N–H and O–H groups in total. The van der Waals surface area contributed by atoms with Gasteiger partial charge in [-0.2, -0.15) is 0 Å². The van der Waals surface area contributed by atoms with E-state index in [-0.39, 0.29) is 16.1 Å². The van der Waals surface area contributed by atoms with Crippen LogP contribution in [0, 0.1) is 0 Å². The number of hydrogen-bond acceptors (Lipinski definition) is 2. The van der Waals surface area contributed by atoms with E-state index in [4.69, 9.17) is 17.0 Å². The van der Waals surface area contributed by atoms with Crippen LogP contribution >= 0.6 is 7.80 Å². The summed E-state index contributed by atoms with van der Waals surface area (Å²) in [7, 11) is 5.56. The predicted molar refractivity (Wildman–Crippen MR) is 66.1 cm³/mol. The summed E-state index contributed by atoms with van der Waals surface area (Å²) in [5.74, 6) is -0.333. The van der Waals surface area contributed by atoms with E-state index in [1.807, 2.05) is 0 Å². The van der Waals surface area contributed by atoms with E-state index in [0.717, 1.165) is 26.1 Å². The Hall–Kier alpha value is 0.415. The Morgan fingerprint density at radius 1 is 0.933 bits per heavy atom. The van der Waals surface area contributed by atoms with Gasteiger partial charge in [-0.25, -0.2) is 7.80 Å². The summed E-state index contributed by atoms with van der Waals surface area (Å²) in [4.78, 5) is 0. The van der Waals surface area contributed by atoms with E-state index in [1.54, 1.807) is 0 Å². The monoisotopic (exact) mass is 227 g/mol. The molecule has 0 aromatic heterocycles. The first-order valence-corrected chi connectivity index (χ1v) is 7.27. The van der Waals surface area contributed by atoms with Gasteiger partial charge >= 0.3 is 0 Å². The summed E-state index contributed by atoms with van der Waals surface area (Å²) >= 11 is 0. The molecule has 15 heavy (non-hydrogen) atoms. The molecule has 0 bridgehead atoms. The van der Waals surface area contributed by atoms with Gasteiger partial charge in [-0.15, -0.1) is 0 Å². The Bertz CT molecular complexity index is 239. The third-order valence-corrected chi connectivity index (χ3v) is 6.96. The van der Waals surface area contributed by atoms with Crippen LogP contribution in [0.3, 0.4) is 0 Å². The van der Waals surface area contributed by atoms with E-state index in [1.165, 1.54) is 0 Å². The van der Waals surface area contributed by atoms with Crippen molar-refractivity contribution in [1.29, 1.82) is 0 Å². The molecule has 0 unspecified atom stereocenters. The predicted octanol–water partition coefficient (Wildman–Crippen LogP) is 2.38. The summed E-state index contributed by atoms with van der Waals surface area (Å²) in [6.07, 6.45) is 1.91. The SMILES string of the molecule is [B-][PH+]1C(C)(C)CC2(CC1(C)C)OCCO2. The lowest BCUT2D eigenvalue weighted by atomic mass is 9.91. The summed E-state index contributed by atoms with van der Waals surface area (Å²) in [5, 5.41) is 0.355. The molecule has 1 spiro atoms. The highest BCUT2D eigenvalue weighted by molar-refractivity contribution is 7.84. The molecule has 2 fully saturated rings. The first-order chi connectivity index (χ1) is 6.78. The summed E-state index contributed by atoms with van der Waals surface area (Å²) in [6.45, 7) is 10.5. The lowest BCUT2D eigenvalue weighted by Crippen LogP contribution is -2.50. The molecule has 85 valence electrons. The second-order valence-corrected chi connectivity index (χ2v) is 9.68. The normalized spacial score (nSPS) is 33.4. The second kappa shape index (κ2) is 3.45. The molecule has 0 saturated carbocycles. The van der Waals surface area contributed by atoms with Crippen LogP contribution in [0.2, 0.25) is 0 Å². The van der Waals surface area contributed by atoms with Crippen LogP contribution in [-0.2, 0) is 9.47 Å². The Morgan fingerprint density at radius 3 is 1.73 bits per heavy atom.